The smallest absolute Gasteiger partial charge is 0.459 e. The summed E-state index contributed by atoms with van der Waals surface area (Å²) in [6.07, 6.45) is -2.89. The van der Waals surface area contributed by atoms with Gasteiger partial charge in [-0.2, -0.15) is 5.09 Å². The largest absolute Gasteiger partial charge is 0.460 e. The molecule has 0 radical (unpaired) electrons. The molecule has 230 valence electrons. The van der Waals surface area contributed by atoms with Crippen LogP contribution in [0.4, 0.5) is 0 Å². The molecule has 6 atom stereocenters. The van der Waals surface area contributed by atoms with E-state index in [2.05, 4.69) is 30.1 Å². The fourth-order valence-electron chi connectivity index (χ4n) is 4.38. The van der Waals surface area contributed by atoms with Crippen LogP contribution < -0.4 is 15.2 Å². The molecule has 0 aliphatic carbocycles. The second-order valence-electron chi connectivity index (χ2n) is 9.65. The second-order valence-corrected chi connectivity index (χ2v) is 11.3. The first-order valence-electron chi connectivity index (χ1n) is 13.1. The number of nitrogens with one attached hydrogen (secondary N) is 2. The van der Waals surface area contributed by atoms with Gasteiger partial charge >= 0.3 is 13.7 Å². The number of rotatable bonds is 12. The first kappa shape index (κ1) is 30.8. The molecule has 0 spiro atoms. The van der Waals surface area contributed by atoms with Crippen molar-refractivity contribution in [2.24, 2.45) is 5.11 Å². The summed E-state index contributed by atoms with van der Waals surface area (Å²) in [5.41, 5.74) is 7.08. The second kappa shape index (κ2) is 13.0. The number of aliphatic hydroxyl groups excluding tert-OH is 2. The molecule has 4 aromatic rings. The van der Waals surface area contributed by atoms with Crippen LogP contribution in [0.25, 0.3) is 21.6 Å². The van der Waals surface area contributed by atoms with Crippen molar-refractivity contribution in [2.75, 3.05) is 6.61 Å². The van der Waals surface area contributed by atoms with Crippen molar-refractivity contribution in [3.63, 3.8) is 0 Å². The maximum atomic E-state index is 14.0. The summed E-state index contributed by atoms with van der Waals surface area (Å²) in [7, 11) is -4.52. The number of carbonyl (C=O) groups excluding carboxylic acids is 1. The Bertz CT molecular complexity index is 1770. The van der Waals surface area contributed by atoms with Crippen molar-refractivity contribution in [1.82, 2.24) is 24.6 Å². The number of hydrogen-bond donors (Lipinski definition) is 4. The predicted octanol–water partition coefficient (Wildman–Crippen LogP) is 2.30. The molecule has 0 amide bonds. The van der Waals surface area contributed by atoms with Gasteiger partial charge in [0.15, 0.2) is 17.4 Å². The number of ether oxygens (including phenoxy) is 2. The molecule has 2 unspecified atom stereocenters. The van der Waals surface area contributed by atoms with E-state index < -0.39 is 56.1 Å². The molecule has 4 N–H and O–H groups in total. The number of imidazole rings is 1. The Labute approximate surface area is 248 Å². The maximum absolute atomic E-state index is 14.0. The van der Waals surface area contributed by atoms with Crippen molar-refractivity contribution < 1.29 is 38.1 Å². The minimum atomic E-state index is -4.52. The van der Waals surface area contributed by atoms with E-state index in [0.717, 1.165) is 22.8 Å². The monoisotopic (exact) mass is 626 g/mol. The van der Waals surface area contributed by atoms with Crippen molar-refractivity contribution in [3.05, 3.63) is 99.7 Å². The van der Waals surface area contributed by atoms with E-state index in [1.54, 1.807) is 42.5 Å². The Morgan fingerprint density at radius 2 is 1.93 bits per heavy atom. The van der Waals surface area contributed by atoms with Gasteiger partial charge in [0.05, 0.1) is 19.3 Å². The number of aromatic amines is 1. The fourth-order valence-corrected chi connectivity index (χ4v) is 5.89. The maximum Gasteiger partial charge on any atom is 0.459 e. The molecule has 3 heterocycles. The molecule has 44 heavy (non-hydrogen) atoms. The summed E-state index contributed by atoms with van der Waals surface area (Å²) < 4.78 is 37.5. The highest BCUT2D eigenvalue weighted by molar-refractivity contribution is 7.52. The molecule has 1 saturated heterocycles. The Morgan fingerprint density at radius 1 is 1.23 bits per heavy atom. The lowest BCUT2D eigenvalue weighted by Gasteiger charge is -2.29. The Hall–Kier alpha value is -4.60. The third kappa shape index (κ3) is 6.49. The molecular weight excluding hydrogens is 599 g/mol. The third-order valence-corrected chi connectivity index (χ3v) is 8.22. The molecular formula is C26H27N8O9P. The third-order valence-electron chi connectivity index (χ3n) is 6.60. The van der Waals surface area contributed by atoms with Gasteiger partial charge in [-0.15, -0.1) is 0 Å². The van der Waals surface area contributed by atoms with E-state index in [1.807, 2.05) is 6.07 Å². The van der Waals surface area contributed by atoms with Gasteiger partial charge in [0.2, 0.25) is 5.72 Å². The Balaban J connectivity index is 1.38. The summed E-state index contributed by atoms with van der Waals surface area (Å²) in [6.45, 7) is 0.412. The van der Waals surface area contributed by atoms with E-state index in [4.69, 9.17) is 18.5 Å². The number of carbonyl (C=O) groups is 1. The number of azide groups is 1. The lowest BCUT2D eigenvalue weighted by molar-refractivity contribution is -0.146. The van der Waals surface area contributed by atoms with Crippen LogP contribution in [0.15, 0.2) is 83.2 Å². The highest BCUT2D eigenvalue weighted by atomic mass is 31.2. The summed E-state index contributed by atoms with van der Waals surface area (Å²) in [4.78, 5) is 37.9. The average molecular weight is 627 g/mol. The van der Waals surface area contributed by atoms with Gasteiger partial charge in [0, 0.05) is 4.91 Å². The van der Waals surface area contributed by atoms with Gasteiger partial charge in [-0.1, -0.05) is 53.6 Å². The van der Waals surface area contributed by atoms with Gasteiger partial charge in [-0.25, -0.2) is 14.5 Å². The summed E-state index contributed by atoms with van der Waals surface area (Å²) in [6, 6.07) is 15.6. The number of aliphatic hydroxyl groups is 2. The van der Waals surface area contributed by atoms with Crippen LogP contribution in [0.5, 0.6) is 5.75 Å². The zero-order chi connectivity index (χ0) is 31.3. The van der Waals surface area contributed by atoms with Crippen LogP contribution in [0, 0.1) is 0 Å². The van der Waals surface area contributed by atoms with Crippen LogP contribution in [-0.2, 0) is 30.0 Å². The van der Waals surface area contributed by atoms with E-state index in [0.29, 0.717) is 0 Å². The molecule has 1 aliphatic heterocycles. The lowest BCUT2D eigenvalue weighted by atomic mass is 10.1. The van der Waals surface area contributed by atoms with E-state index in [1.165, 1.54) is 19.1 Å². The van der Waals surface area contributed by atoms with Gasteiger partial charge in [0.25, 0.3) is 5.56 Å². The zero-order valence-electron chi connectivity index (χ0n) is 23.0. The number of para-hydroxylation sites is 1. The first-order chi connectivity index (χ1) is 21.1. The van der Waals surface area contributed by atoms with Crippen molar-refractivity contribution in [1.29, 1.82) is 0 Å². The molecule has 1 fully saturated rings. The number of fused-ring (bicyclic) bond motifs is 1. The molecule has 2 aromatic heterocycles. The highest BCUT2D eigenvalue weighted by Gasteiger charge is 2.56. The zero-order valence-corrected chi connectivity index (χ0v) is 23.9. The summed E-state index contributed by atoms with van der Waals surface area (Å²) >= 11 is 0. The SMILES string of the molecule is C[C@H](NP(=O)(OCC1(N=[N+]=[N-])O[C@@H](n2cnc3c(=O)[nH]cnc32)[C@H](O)[C@@H]1O)Oc1ccccc1)C(=O)OCc1ccccc1. The van der Waals surface area contributed by atoms with E-state index in [-0.39, 0.29) is 23.5 Å². The van der Waals surface area contributed by atoms with Crippen LogP contribution in [-0.4, -0.2) is 66.3 Å². The van der Waals surface area contributed by atoms with Crippen LogP contribution in [0.2, 0.25) is 0 Å². The summed E-state index contributed by atoms with van der Waals surface area (Å²) in [5, 5.41) is 27.9. The van der Waals surface area contributed by atoms with Crippen molar-refractivity contribution in [2.45, 2.75) is 43.7 Å². The van der Waals surface area contributed by atoms with Crippen LogP contribution in [0.1, 0.15) is 18.7 Å². The number of aromatic nitrogens is 4. The minimum absolute atomic E-state index is 0.00486. The highest BCUT2D eigenvalue weighted by Crippen LogP contribution is 2.48. The van der Waals surface area contributed by atoms with Crippen molar-refractivity contribution >= 4 is 24.9 Å². The normalized spacial score (nSPS) is 23.4. The Kier molecular flexibility index (Phi) is 9.08. The molecule has 2 aromatic carbocycles. The molecule has 5 rings (SSSR count). The molecule has 17 nitrogen and oxygen atoms in total. The predicted molar refractivity (Wildman–Crippen MR) is 152 cm³/mol. The number of hydrogen-bond acceptors (Lipinski definition) is 12. The van der Waals surface area contributed by atoms with Gasteiger partial charge in [-0.05, 0) is 30.2 Å². The van der Waals surface area contributed by atoms with Gasteiger partial charge in [-0.3, -0.25) is 18.7 Å². The molecule has 0 bridgehead atoms. The van der Waals surface area contributed by atoms with E-state index in [9.17, 15) is 29.9 Å². The molecule has 18 heteroatoms. The molecule has 0 saturated carbocycles. The lowest BCUT2D eigenvalue weighted by Crippen LogP contribution is -2.45. The summed E-state index contributed by atoms with van der Waals surface area (Å²) in [5.74, 6) is -0.681. The van der Waals surface area contributed by atoms with Gasteiger partial charge < -0.3 is 29.2 Å². The number of H-pyrrole nitrogens is 1. The Morgan fingerprint density at radius 3 is 2.64 bits per heavy atom. The molecule has 1 aliphatic rings. The van der Waals surface area contributed by atoms with Crippen LogP contribution >= 0.6 is 7.75 Å². The number of esters is 1. The van der Waals surface area contributed by atoms with Crippen LogP contribution in [0.3, 0.4) is 0 Å². The van der Waals surface area contributed by atoms with E-state index >= 15 is 0 Å². The van der Waals surface area contributed by atoms with Gasteiger partial charge in [0.1, 0.15) is 30.6 Å². The number of nitrogens with zero attached hydrogens (tertiary/aromatic N) is 6. The topological polar surface area (TPSA) is 236 Å². The quantitative estimate of drug-likeness (QED) is 0.0583. The fraction of sp³-hybridized carbons (Fsp3) is 0.308. The van der Waals surface area contributed by atoms with Crippen molar-refractivity contribution in [3.8, 4) is 5.75 Å². The first-order valence-corrected chi connectivity index (χ1v) is 14.7. The number of benzene rings is 2. The average Bonchev–Trinajstić information content (AvgIpc) is 3.56. The minimum Gasteiger partial charge on any atom is -0.460 e. The standard InChI is InChI=1S/C26H27N8O9P/c1-16(25(38)40-12-17-8-4-2-5-9-17)31-44(39,43-18-10-6-3-7-11-18)41-13-26(32-33-27)21(36)20(35)24(42-26)34-15-30-19-22(34)28-14-29-23(19)37/h2-11,14-16,20-21,24,35-36H,12-13H2,1H3,(H,31,39)(H,28,29,37)/t16-,20+,21-,24+,26?,44?/m0/s1.